The van der Waals surface area contributed by atoms with Gasteiger partial charge >= 0.3 is 7.60 Å². The molecule has 1 aliphatic rings. The summed E-state index contributed by atoms with van der Waals surface area (Å²) in [6, 6.07) is 0. The lowest BCUT2D eigenvalue weighted by atomic mass is 9.95. The zero-order valence-electron chi connectivity index (χ0n) is 13.1. The van der Waals surface area contributed by atoms with E-state index in [-0.39, 0.29) is 0 Å². The van der Waals surface area contributed by atoms with Crippen LogP contribution in [0.4, 0.5) is 0 Å². The molecule has 0 unspecified atom stereocenters. The second-order valence-corrected chi connectivity index (χ2v) is 13.4. The number of rotatable bonds is 7. The Bertz CT molecular complexity index is 314. The highest BCUT2D eigenvalue weighted by Crippen LogP contribution is 2.64. The van der Waals surface area contributed by atoms with E-state index in [9.17, 15) is 4.57 Å². The van der Waals surface area contributed by atoms with Gasteiger partial charge in [-0.25, -0.2) is 0 Å². The van der Waals surface area contributed by atoms with E-state index in [1.807, 2.05) is 13.8 Å². The van der Waals surface area contributed by atoms with Crippen LogP contribution in [0.25, 0.3) is 0 Å². The van der Waals surface area contributed by atoms with Gasteiger partial charge in [-0.2, -0.15) is 0 Å². The van der Waals surface area contributed by atoms with Crippen molar-refractivity contribution in [3.05, 3.63) is 0 Å². The van der Waals surface area contributed by atoms with Crippen molar-refractivity contribution in [1.29, 1.82) is 0 Å². The maximum absolute atomic E-state index is 13.3. The Hall–Kier alpha value is 0.327. The SMILES string of the molecule is CCOP(=O)(OCC)C1(N[Si](C)(C)C)CCCCC1. The van der Waals surface area contributed by atoms with E-state index in [4.69, 9.17) is 9.05 Å². The molecule has 6 heteroatoms. The molecule has 1 fully saturated rings. The molecule has 0 aromatic heterocycles. The van der Waals surface area contributed by atoms with Gasteiger partial charge in [0.25, 0.3) is 0 Å². The highest BCUT2D eigenvalue weighted by atomic mass is 31.2. The van der Waals surface area contributed by atoms with Crippen LogP contribution in [0.15, 0.2) is 0 Å². The molecular formula is C13H30NO3PSi. The first kappa shape index (κ1) is 17.4. The van der Waals surface area contributed by atoms with Crippen molar-refractivity contribution in [1.82, 2.24) is 4.98 Å². The highest BCUT2D eigenvalue weighted by Gasteiger charge is 2.52. The van der Waals surface area contributed by atoms with Crippen LogP contribution in [0.5, 0.6) is 0 Å². The Morgan fingerprint density at radius 3 is 1.89 bits per heavy atom. The topological polar surface area (TPSA) is 47.6 Å². The monoisotopic (exact) mass is 307 g/mol. The van der Waals surface area contributed by atoms with Gasteiger partial charge in [0.1, 0.15) is 13.5 Å². The van der Waals surface area contributed by atoms with Crippen LogP contribution in [-0.4, -0.2) is 26.7 Å². The molecule has 1 rings (SSSR count). The Balaban J connectivity index is 3.08. The summed E-state index contributed by atoms with van der Waals surface area (Å²) in [6.45, 7) is 11.4. The molecule has 0 aliphatic heterocycles. The summed E-state index contributed by atoms with van der Waals surface area (Å²) in [5.41, 5.74) is 0. The second-order valence-electron chi connectivity index (χ2n) is 6.30. The van der Waals surface area contributed by atoms with Crippen molar-refractivity contribution in [3.8, 4) is 0 Å². The van der Waals surface area contributed by atoms with E-state index in [1.54, 1.807) is 0 Å². The minimum atomic E-state index is -3.10. The standard InChI is InChI=1S/C13H30NO3PSi/c1-6-16-18(15,17-7-2)13(14-19(3,4)5)11-9-8-10-12-13/h14H,6-12H2,1-5H3. The largest absolute Gasteiger partial charge is 0.349 e. The molecule has 1 aliphatic carbocycles. The molecular weight excluding hydrogens is 277 g/mol. The molecule has 19 heavy (non-hydrogen) atoms. The Morgan fingerprint density at radius 1 is 1.05 bits per heavy atom. The van der Waals surface area contributed by atoms with Gasteiger partial charge in [0.2, 0.25) is 0 Å². The maximum Gasteiger partial charge on any atom is 0.349 e. The zero-order valence-corrected chi connectivity index (χ0v) is 15.0. The molecule has 0 bridgehead atoms. The third-order valence-corrected chi connectivity index (χ3v) is 7.65. The highest BCUT2D eigenvalue weighted by molar-refractivity contribution is 7.55. The number of hydrogen-bond donors (Lipinski definition) is 1. The first-order valence-electron chi connectivity index (χ1n) is 7.47. The molecule has 0 heterocycles. The third-order valence-electron chi connectivity index (χ3n) is 3.41. The van der Waals surface area contributed by atoms with E-state index in [0.29, 0.717) is 13.2 Å². The predicted molar refractivity (Wildman–Crippen MR) is 83.2 cm³/mol. The average Bonchev–Trinajstić information content (AvgIpc) is 2.28. The fraction of sp³-hybridized carbons (Fsp3) is 1.00. The first-order chi connectivity index (χ1) is 8.79. The number of nitrogens with one attached hydrogen (secondary N) is 1. The second kappa shape index (κ2) is 6.86. The van der Waals surface area contributed by atoms with Crippen molar-refractivity contribution < 1.29 is 13.6 Å². The van der Waals surface area contributed by atoms with E-state index in [0.717, 1.165) is 25.7 Å². The van der Waals surface area contributed by atoms with Gasteiger partial charge in [0, 0.05) is 0 Å². The van der Waals surface area contributed by atoms with Crippen LogP contribution < -0.4 is 4.98 Å². The lowest BCUT2D eigenvalue weighted by Crippen LogP contribution is -2.58. The van der Waals surface area contributed by atoms with Crippen molar-refractivity contribution in [3.63, 3.8) is 0 Å². The predicted octanol–water partition coefficient (Wildman–Crippen LogP) is 4.34. The Labute approximate surface area is 119 Å². The molecule has 0 aromatic rings. The fourth-order valence-electron chi connectivity index (χ4n) is 2.93. The first-order valence-corrected chi connectivity index (χ1v) is 12.5. The van der Waals surface area contributed by atoms with E-state index in [1.165, 1.54) is 6.42 Å². The van der Waals surface area contributed by atoms with Gasteiger partial charge in [-0.05, 0) is 26.7 Å². The summed E-state index contributed by atoms with van der Waals surface area (Å²) in [7, 11) is -4.67. The normalized spacial score (nSPS) is 20.5. The van der Waals surface area contributed by atoms with Gasteiger partial charge in [-0.15, -0.1) is 0 Å². The van der Waals surface area contributed by atoms with Crippen molar-refractivity contribution >= 4 is 15.8 Å². The lowest BCUT2D eigenvalue weighted by Gasteiger charge is -2.45. The van der Waals surface area contributed by atoms with Gasteiger partial charge < -0.3 is 14.0 Å². The van der Waals surface area contributed by atoms with E-state index >= 15 is 0 Å². The molecule has 4 nitrogen and oxygen atoms in total. The summed E-state index contributed by atoms with van der Waals surface area (Å²) < 4.78 is 24.6. The lowest BCUT2D eigenvalue weighted by molar-refractivity contribution is 0.175. The summed E-state index contributed by atoms with van der Waals surface area (Å²) in [5.74, 6) is 0. The van der Waals surface area contributed by atoms with Crippen LogP contribution in [0, 0.1) is 0 Å². The van der Waals surface area contributed by atoms with Gasteiger partial charge in [0.15, 0.2) is 0 Å². The molecule has 114 valence electrons. The molecule has 1 saturated carbocycles. The van der Waals surface area contributed by atoms with Gasteiger partial charge in [-0.3, -0.25) is 4.57 Å². The Kier molecular flexibility index (Phi) is 6.27. The number of hydrogen-bond acceptors (Lipinski definition) is 4. The quantitative estimate of drug-likeness (QED) is 0.561. The van der Waals surface area contributed by atoms with E-state index in [2.05, 4.69) is 24.6 Å². The fourth-order valence-corrected chi connectivity index (χ4v) is 8.24. The Morgan fingerprint density at radius 2 is 1.53 bits per heavy atom. The molecule has 0 amide bonds. The summed E-state index contributed by atoms with van der Waals surface area (Å²) in [6.07, 6.45) is 5.21. The summed E-state index contributed by atoms with van der Waals surface area (Å²) in [4.78, 5) is 3.71. The molecule has 0 saturated heterocycles. The zero-order chi connectivity index (χ0) is 14.6. The van der Waals surface area contributed by atoms with Crippen molar-refractivity contribution in [2.45, 2.75) is 70.9 Å². The van der Waals surface area contributed by atoms with Crippen LogP contribution in [0.1, 0.15) is 46.0 Å². The third kappa shape index (κ3) is 4.40. The van der Waals surface area contributed by atoms with Crippen LogP contribution in [-0.2, 0) is 13.6 Å². The minimum absolute atomic E-state index is 0.437. The summed E-state index contributed by atoms with van der Waals surface area (Å²) in [5, 5.41) is -0.457. The maximum atomic E-state index is 13.3. The van der Waals surface area contributed by atoms with E-state index < -0.39 is 21.1 Å². The van der Waals surface area contributed by atoms with Crippen molar-refractivity contribution in [2.24, 2.45) is 0 Å². The van der Waals surface area contributed by atoms with Crippen LogP contribution >= 0.6 is 7.60 Å². The van der Waals surface area contributed by atoms with Crippen molar-refractivity contribution in [2.75, 3.05) is 13.2 Å². The summed E-state index contributed by atoms with van der Waals surface area (Å²) >= 11 is 0. The smallest absolute Gasteiger partial charge is 0.322 e. The molecule has 0 atom stereocenters. The molecule has 0 aromatic carbocycles. The molecule has 1 N–H and O–H groups in total. The minimum Gasteiger partial charge on any atom is -0.322 e. The molecule has 0 spiro atoms. The molecule has 0 radical (unpaired) electrons. The van der Waals surface area contributed by atoms with Gasteiger partial charge in [0.05, 0.1) is 13.2 Å². The van der Waals surface area contributed by atoms with Gasteiger partial charge in [-0.1, -0.05) is 38.9 Å². The van der Waals surface area contributed by atoms with Crippen LogP contribution in [0.2, 0.25) is 19.6 Å². The van der Waals surface area contributed by atoms with Crippen LogP contribution in [0.3, 0.4) is 0 Å². The average molecular weight is 307 g/mol.